The molecule has 2 N–H and O–H groups in total. The Bertz CT molecular complexity index is 2080. The number of likely N-dealkylation sites (N-methyl/N-ethyl adjacent to an activating group) is 1. The number of fused-ring (bicyclic) bond motifs is 8. The van der Waals surface area contributed by atoms with Gasteiger partial charge in [-0.15, -0.1) is 0 Å². The first kappa shape index (κ1) is 30.8. The lowest BCUT2D eigenvalue weighted by molar-refractivity contribution is -0.141. The number of rotatable bonds is 6. The van der Waals surface area contributed by atoms with Crippen LogP contribution in [-0.2, 0) is 26.2 Å². The van der Waals surface area contributed by atoms with Crippen LogP contribution in [0.15, 0.2) is 64.1 Å². The third kappa shape index (κ3) is 4.83. The summed E-state index contributed by atoms with van der Waals surface area (Å²) in [5.41, 5.74) is 6.27. The highest BCUT2D eigenvalue weighted by Gasteiger charge is 2.50. The van der Waals surface area contributed by atoms with E-state index in [0.717, 1.165) is 84.2 Å². The molecule has 2 aromatic heterocycles. The van der Waals surface area contributed by atoms with Crippen LogP contribution in [0.2, 0.25) is 0 Å². The van der Waals surface area contributed by atoms with Crippen molar-refractivity contribution in [2.24, 2.45) is 5.92 Å². The molecule has 2 saturated heterocycles. The lowest BCUT2D eigenvalue weighted by Crippen LogP contribution is -2.56. The van der Waals surface area contributed by atoms with Crippen molar-refractivity contribution in [2.75, 3.05) is 27.2 Å². The van der Waals surface area contributed by atoms with E-state index in [9.17, 15) is 18.0 Å². The molecule has 2 bridgehead atoms. The molecule has 3 aliphatic carbocycles. The van der Waals surface area contributed by atoms with Crippen LogP contribution < -0.4 is 9.46 Å². The number of aromatic nitrogens is 4. The van der Waals surface area contributed by atoms with Gasteiger partial charge in [0.1, 0.15) is 12.1 Å². The number of amides is 2. The van der Waals surface area contributed by atoms with E-state index in [4.69, 9.17) is 4.74 Å². The van der Waals surface area contributed by atoms with Crippen molar-refractivity contribution >= 4 is 32.7 Å². The van der Waals surface area contributed by atoms with Crippen LogP contribution in [0.25, 0.3) is 10.9 Å². The average molecular weight is 684 g/mol. The number of benzene rings is 1. The molecule has 3 unspecified atom stereocenters. The minimum absolute atomic E-state index is 0.173. The van der Waals surface area contributed by atoms with E-state index < -0.39 is 21.1 Å². The molecule has 49 heavy (non-hydrogen) atoms. The Morgan fingerprint density at radius 3 is 2.55 bits per heavy atom. The first-order valence-electron chi connectivity index (χ1n) is 17.5. The Kier molecular flexibility index (Phi) is 7.17. The maximum Gasteiger partial charge on any atom is 0.299 e. The first-order valence-corrected chi connectivity index (χ1v) is 19.0. The van der Waals surface area contributed by atoms with Gasteiger partial charge in [0.2, 0.25) is 5.91 Å². The summed E-state index contributed by atoms with van der Waals surface area (Å²) < 4.78 is 36.5. The number of methoxy groups -OCH3 is 1. The van der Waals surface area contributed by atoms with E-state index in [1.54, 1.807) is 7.11 Å². The molecule has 3 aromatic rings. The lowest BCUT2D eigenvalue weighted by Gasteiger charge is -2.43. The summed E-state index contributed by atoms with van der Waals surface area (Å²) in [5, 5.41) is 6.57. The van der Waals surface area contributed by atoms with Crippen molar-refractivity contribution in [1.82, 2.24) is 34.3 Å². The molecule has 0 spiro atoms. The number of hydrogen-bond acceptors (Lipinski definition) is 8. The van der Waals surface area contributed by atoms with Crippen molar-refractivity contribution in [1.29, 1.82) is 0 Å². The van der Waals surface area contributed by atoms with E-state index in [-0.39, 0.29) is 29.8 Å². The molecular formula is C36H41N7O5S. The predicted octanol–water partition coefficient (Wildman–Crippen LogP) is 3.91. The molecule has 3 fully saturated rings. The van der Waals surface area contributed by atoms with Gasteiger partial charge in [-0.25, -0.2) is 14.8 Å². The van der Waals surface area contributed by atoms with E-state index >= 15 is 0 Å². The van der Waals surface area contributed by atoms with Crippen LogP contribution in [0.4, 0.5) is 0 Å². The molecule has 12 nitrogen and oxygen atoms in total. The number of hydrogen-bond donors (Lipinski definition) is 2. The normalized spacial score (nSPS) is 26.8. The number of likely N-dealkylation sites (tertiary alicyclic amines) is 1. The highest BCUT2D eigenvalue weighted by atomic mass is 32.2. The Morgan fingerprint density at radius 2 is 1.84 bits per heavy atom. The van der Waals surface area contributed by atoms with Crippen molar-refractivity contribution in [3.63, 3.8) is 0 Å². The fraction of sp³-hybridized carbons (Fsp3) is 0.500. The molecular weight excluding hydrogens is 643 g/mol. The second-order valence-corrected chi connectivity index (χ2v) is 16.2. The molecule has 1 aromatic carbocycles. The monoisotopic (exact) mass is 683 g/mol. The molecule has 9 rings (SSSR count). The standard InChI is InChI=1S/C36H41N7O5S/c1-41-16-21-11-12-22(17-41)43(21)35(45)25-10-6-9-24-30(25)28-15-26-29(48-2)14-13-23(20-7-4-3-5-8-20)33(26)42(28)18-27-31(24)32(27)34(44)40-49(46,47)36-37-19-38-39-36/h6,9,13-15,19-22,25,30H,3-5,7-8,10-12,16-18H2,1-2H3,(H,40,44)(H,37,38,39)/t21?,22?,25-,30?/m1/s1. The van der Waals surface area contributed by atoms with Crippen molar-refractivity contribution in [3.8, 4) is 5.75 Å². The number of carbonyl (C=O) groups excluding carboxylic acids is 2. The van der Waals surface area contributed by atoms with E-state index in [1.807, 2.05) is 0 Å². The zero-order chi connectivity index (χ0) is 33.6. The zero-order valence-electron chi connectivity index (χ0n) is 27.8. The predicted molar refractivity (Wildman–Crippen MR) is 181 cm³/mol. The molecule has 5 heterocycles. The number of aromatic amines is 1. The summed E-state index contributed by atoms with van der Waals surface area (Å²) in [6.07, 6.45) is 13.7. The van der Waals surface area contributed by atoms with Gasteiger partial charge in [-0.1, -0.05) is 37.5 Å². The van der Waals surface area contributed by atoms with Crippen LogP contribution in [-0.4, -0.2) is 89.1 Å². The second kappa shape index (κ2) is 11.4. The molecule has 6 aliphatic rings. The minimum Gasteiger partial charge on any atom is -0.496 e. The Balaban J connectivity index is 1.20. The van der Waals surface area contributed by atoms with Crippen LogP contribution >= 0.6 is 0 Å². The van der Waals surface area contributed by atoms with Crippen molar-refractivity contribution < 1.29 is 22.7 Å². The number of ether oxygens (including phenoxy) is 1. The van der Waals surface area contributed by atoms with E-state index in [0.29, 0.717) is 24.5 Å². The summed E-state index contributed by atoms with van der Waals surface area (Å²) in [7, 11) is -0.427. The Labute approximate surface area is 285 Å². The van der Waals surface area contributed by atoms with Gasteiger partial charge in [0.15, 0.2) is 0 Å². The molecule has 256 valence electrons. The molecule has 3 aliphatic heterocycles. The average Bonchev–Trinajstić information content (AvgIpc) is 3.34. The number of piperazine rings is 1. The number of nitrogens with one attached hydrogen (secondary N) is 2. The number of carbonyl (C=O) groups is 2. The minimum atomic E-state index is -4.26. The summed E-state index contributed by atoms with van der Waals surface area (Å²) in [4.78, 5) is 36.9. The van der Waals surface area contributed by atoms with Gasteiger partial charge in [-0.2, -0.15) is 13.5 Å². The fourth-order valence-electron chi connectivity index (χ4n) is 9.72. The molecule has 2 amide bonds. The molecule has 1 saturated carbocycles. The topological polar surface area (TPSA) is 143 Å². The van der Waals surface area contributed by atoms with Gasteiger partial charge in [-0.05, 0) is 79.5 Å². The van der Waals surface area contributed by atoms with Crippen molar-refractivity contribution in [2.45, 2.75) is 87.0 Å². The summed E-state index contributed by atoms with van der Waals surface area (Å²) in [6.45, 7) is 2.16. The fourth-order valence-corrected chi connectivity index (χ4v) is 10.5. The largest absolute Gasteiger partial charge is 0.496 e. The highest BCUT2D eigenvalue weighted by molar-refractivity contribution is 7.89. The Hall–Kier alpha value is -4.23. The summed E-state index contributed by atoms with van der Waals surface area (Å²) in [5.74, 6) is 0.00550. The van der Waals surface area contributed by atoms with Gasteiger partial charge in [-0.3, -0.25) is 9.59 Å². The number of nitrogens with zero attached hydrogens (tertiary/aromatic N) is 5. The number of sulfonamides is 1. The third-order valence-corrected chi connectivity index (χ3v) is 13.0. The van der Waals surface area contributed by atoms with Gasteiger partial charge >= 0.3 is 0 Å². The van der Waals surface area contributed by atoms with Crippen LogP contribution in [0, 0.1) is 5.92 Å². The second-order valence-electron chi connectivity index (χ2n) is 14.6. The quantitative estimate of drug-likeness (QED) is 0.399. The number of H-pyrrole nitrogens is 1. The van der Waals surface area contributed by atoms with E-state index in [1.165, 1.54) is 24.8 Å². The molecule has 4 atom stereocenters. The van der Waals surface area contributed by atoms with Crippen LogP contribution in [0.5, 0.6) is 5.75 Å². The third-order valence-electron chi connectivity index (χ3n) is 11.8. The SMILES string of the molecule is COc1ccc(C2CCCCC2)c2c1cc1n2CC2=C(C(=O)NS(=O)(=O)c3ncn[nH]3)C2=C2C=CC[C@@H](C(=O)N3C4CCC3CN(C)C4)C21. The maximum atomic E-state index is 14.8. The summed E-state index contributed by atoms with van der Waals surface area (Å²) in [6, 6.07) is 6.90. The highest BCUT2D eigenvalue weighted by Crippen LogP contribution is 2.55. The van der Waals surface area contributed by atoms with Gasteiger partial charge < -0.3 is 19.1 Å². The molecule has 0 radical (unpaired) electrons. The van der Waals surface area contributed by atoms with Crippen LogP contribution in [0.1, 0.15) is 74.5 Å². The van der Waals surface area contributed by atoms with Crippen LogP contribution in [0.3, 0.4) is 0 Å². The Morgan fingerprint density at radius 1 is 1.06 bits per heavy atom. The van der Waals surface area contributed by atoms with Gasteiger partial charge in [0.25, 0.3) is 21.1 Å². The number of allylic oxidation sites excluding steroid dienone is 4. The summed E-state index contributed by atoms with van der Waals surface area (Å²) >= 11 is 0. The lowest BCUT2D eigenvalue weighted by atomic mass is 9.75. The first-order chi connectivity index (χ1) is 23.7. The van der Waals surface area contributed by atoms with Gasteiger partial charge in [0, 0.05) is 48.7 Å². The zero-order valence-corrected chi connectivity index (χ0v) is 28.6. The van der Waals surface area contributed by atoms with E-state index in [2.05, 4.69) is 71.7 Å². The van der Waals surface area contributed by atoms with Gasteiger partial charge in [0.05, 0.1) is 24.1 Å². The van der Waals surface area contributed by atoms with Crippen molar-refractivity contribution in [3.05, 3.63) is 70.2 Å². The maximum absolute atomic E-state index is 14.8. The molecule has 13 heteroatoms. The smallest absolute Gasteiger partial charge is 0.299 e.